The van der Waals surface area contributed by atoms with Crippen LogP contribution in [0.4, 0.5) is 4.39 Å². The molecule has 2 aromatic carbocycles. The van der Waals surface area contributed by atoms with Crippen LogP contribution in [-0.2, 0) is 6.42 Å². The van der Waals surface area contributed by atoms with E-state index in [4.69, 9.17) is 16.3 Å². The second-order valence-corrected chi connectivity index (χ2v) is 7.49. The number of pyridine rings is 1. The van der Waals surface area contributed by atoms with Crippen LogP contribution < -0.4 is 10.1 Å². The Balaban J connectivity index is 1.74. The molecule has 0 saturated carbocycles. The number of hydrogen-bond acceptors (Lipinski definition) is 3. The van der Waals surface area contributed by atoms with Gasteiger partial charge in [-0.25, -0.2) is 9.37 Å². The summed E-state index contributed by atoms with van der Waals surface area (Å²) in [5, 5.41) is 3.59. The number of carbonyl (C=O) groups excluding carboxylic acids is 1. The van der Waals surface area contributed by atoms with E-state index in [9.17, 15) is 9.18 Å². The second-order valence-electron chi connectivity index (χ2n) is 7.05. The van der Waals surface area contributed by atoms with Gasteiger partial charge in [0.25, 0.3) is 5.91 Å². The molecule has 0 aliphatic rings. The highest BCUT2D eigenvalue weighted by atomic mass is 35.5. The zero-order valence-electron chi connectivity index (χ0n) is 15.6. The Hall–Kier alpha value is -2.92. The number of ether oxygens (including phenoxy) is 1. The summed E-state index contributed by atoms with van der Waals surface area (Å²) in [5.41, 5.74) is 0.697. The average molecular weight is 399 g/mol. The van der Waals surface area contributed by atoms with Crippen LogP contribution in [0.3, 0.4) is 0 Å². The first-order chi connectivity index (χ1) is 13.3. The maximum absolute atomic E-state index is 13.1. The molecule has 3 aromatic rings. The number of halogens is 2. The predicted molar refractivity (Wildman–Crippen MR) is 107 cm³/mol. The zero-order valence-corrected chi connectivity index (χ0v) is 16.3. The average Bonchev–Trinajstić information content (AvgIpc) is 2.65. The number of benzene rings is 2. The van der Waals surface area contributed by atoms with Crippen LogP contribution in [0.5, 0.6) is 11.6 Å². The molecule has 1 amide bonds. The summed E-state index contributed by atoms with van der Waals surface area (Å²) in [4.78, 5) is 17.0. The number of carbonyl (C=O) groups is 1. The molecule has 0 atom stereocenters. The Morgan fingerprint density at radius 1 is 1.11 bits per heavy atom. The highest BCUT2D eigenvalue weighted by Crippen LogP contribution is 2.25. The predicted octanol–water partition coefficient (Wildman–Crippen LogP) is 5.42. The molecule has 6 heteroatoms. The maximum Gasteiger partial charge on any atom is 0.257 e. The molecule has 0 saturated heterocycles. The SMILES string of the molecule is CC(C)(Cc1ccc(F)cc1)NC(=O)c1cccnc1Oc1ccc(Cl)cc1. The fourth-order valence-electron chi connectivity index (χ4n) is 2.79. The van der Waals surface area contributed by atoms with Crippen molar-refractivity contribution in [2.75, 3.05) is 0 Å². The summed E-state index contributed by atoms with van der Waals surface area (Å²) in [5.74, 6) is 0.150. The van der Waals surface area contributed by atoms with Gasteiger partial charge in [-0.1, -0.05) is 23.7 Å². The van der Waals surface area contributed by atoms with Gasteiger partial charge in [0.1, 0.15) is 17.1 Å². The zero-order chi connectivity index (χ0) is 20.1. The lowest BCUT2D eigenvalue weighted by Gasteiger charge is -2.27. The van der Waals surface area contributed by atoms with E-state index in [-0.39, 0.29) is 17.6 Å². The van der Waals surface area contributed by atoms with Gasteiger partial charge in [-0.15, -0.1) is 0 Å². The first kappa shape index (κ1) is 19.8. The Bertz CT molecular complexity index is 957. The Morgan fingerprint density at radius 3 is 2.46 bits per heavy atom. The Kier molecular flexibility index (Phi) is 5.95. The number of hydrogen-bond donors (Lipinski definition) is 1. The molecule has 0 spiro atoms. The molecule has 3 rings (SSSR count). The van der Waals surface area contributed by atoms with Gasteiger partial charge < -0.3 is 10.1 Å². The minimum atomic E-state index is -0.553. The van der Waals surface area contributed by atoms with Crippen molar-refractivity contribution in [2.45, 2.75) is 25.8 Å². The summed E-state index contributed by atoms with van der Waals surface area (Å²) in [7, 11) is 0. The monoisotopic (exact) mass is 398 g/mol. The molecule has 28 heavy (non-hydrogen) atoms. The number of aromatic nitrogens is 1. The summed E-state index contributed by atoms with van der Waals surface area (Å²) >= 11 is 5.89. The van der Waals surface area contributed by atoms with E-state index in [1.165, 1.54) is 12.1 Å². The van der Waals surface area contributed by atoms with E-state index in [0.29, 0.717) is 22.8 Å². The first-order valence-electron chi connectivity index (χ1n) is 8.78. The van der Waals surface area contributed by atoms with Crippen LogP contribution in [-0.4, -0.2) is 16.4 Å². The molecule has 0 aliphatic heterocycles. The molecule has 0 unspecified atom stereocenters. The van der Waals surface area contributed by atoms with Crippen LogP contribution in [0.1, 0.15) is 29.8 Å². The standard InChI is InChI=1S/C22H20ClFN2O2/c1-22(2,14-15-5-9-17(24)10-6-15)26-20(27)19-4-3-13-25-21(19)28-18-11-7-16(23)8-12-18/h3-13H,14H2,1-2H3,(H,26,27). The number of amides is 1. The summed E-state index contributed by atoms with van der Waals surface area (Å²) in [6.45, 7) is 3.81. The van der Waals surface area contributed by atoms with Crippen LogP contribution in [0.2, 0.25) is 5.02 Å². The van der Waals surface area contributed by atoms with Gasteiger partial charge in [-0.05, 0) is 74.4 Å². The van der Waals surface area contributed by atoms with Crippen molar-refractivity contribution in [3.05, 3.63) is 88.8 Å². The molecular weight excluding hydrogens is 379 g/mol. The molecule has 0 radical (unpaired) electrons. The third-order valence-corrected chi connectivity index (χ3v) is 4.31. The second kappa shape index (κ2) is 8.40. The minimum Gasteiger partial charge on any atom is -0.438 e. The van der Waals surface area contributed by atoms with E-state index < -0.39 is 5.54 Å². The van der Waals surface area contributed by atoms with E-state index >= 15 is 0 Å². The van der Waals surface area contributed by atoms with Crippen molar-refractivity contribution in [1.82, 2.24) is 10.3 Å². The molecule has 0 fully saturated rings. The van der Waals surface area contributed by atoms with Gasteiger partial charge in [-0.2, -0.15) is 0 Å². The van der Waals surface area contributed by atoms with E-state index in [2.05, 4.69) is 10.3 Å². The largest absolute Gasteiger partial charge is 0.438 e. The molecule has 1 heterocycles. The molecule has 0 bridgehead atoms. The normalized spacial score (nSPS) is 11.1. The van der Waals surface area contributed by atoms with Gasteiger partial charge in [-0.3, -0.25) is 4.79 Å². The summed E-state index contributed by atoms with van der Waals surface area (Å²) in [6.07, 6.45) is 2.11. The van der Waals surface area contributed by atoms with Crippen LogP contribution in [0.25, 0.3) is 0 Å². The first-order valence-corrected chi connectivity index (χ1v) is 9.16. The maximum atomic E-state index is 13.1. The van der Waals surface area contributed by atoms with Gasteiger partial charge in [0.15, 0.2) is 0 Å². The molecule has 4 nitrogen and oxygen atoms in total. The van der Waals surface area contributed by atoms with Gasteiger partial charge in [0, 0.05) is 16.8 Å². The number of nitrogens with zero attached hydrogens (tertiary/aromatic N) is 1. The molecule has 1 N–H and O–H groups in total. The fraction of sp³-hybridized carbons (Fsp3) is 0.182. The highest BCUT2D eigenvalue weighted by Gasteiger charge is 2.24. The lowest BCUT2D eigenvalue weighted by atomic mass is 9.94. The van der Waals surface area contributed by atoms with Crippen molar-refractivity contribution in [3.63, 3.8) is 0 Å². The lowest BCUT2D eigenvalue weighted by molar-refractivity contribution is 0.0910. The quantitative estimate of drug-likeness (QED) is 0.603. The smallest absolute Gasteiger partial charge is 0.257 e. The molecule has 1 aromatic heterocycles. The third-order valence-electron chi connectivity index (χ3n) is 4.06. The third kappa shape index (κ3) is 5.30. The van der Waals surface area contributed by atoms with Crippen molar-refractivity contribution in [2.24, 2.45) is 0 Å². The van der Waals surface area contributed by atoms with Crippen molar-refractivity contribution < 1.29 is 13.9 Å². The Labute approximate surface area is 168 Å². The summed E-state index contributed by atoms with van der Waals surface area (Å²) < 4.78 is 18.9. The van der Waals surface area contributed by atoms with E-state index in [1.807, 2.05) is 13.8 Å². The Morgan fingerprint density at radius 2 is 1.79 bits per heavy atom. The molecule has 0 aliphatic carbocycles. The van der Waals surface area contributed by atoms with Crippen molar-refractivity contribution in [1.29, 1.82) is 0 Å². The number of nitrogens with one attached hydrogen (secondary N) is 1. The van der Waals surface area contributed by atoms with Crippen LogP contribution >= 0.6 is 11.6 Å². The van der Waals surface area contributed by atoms with Gasteiger partial charge in [0.05, 0.1) is 0 Å². The molecular formula is C22H20ClFN2O2. The lowest BCUT2D eigenvalue weighted by Crippen LogP contribution is -2.45. The minimum absolute atomic E-state index is 0.208. The van der Waals surface area contributed by atoms with Crippen molar-refractivity contribution >= 4 is 17.5 Å². The van der Waals surface area contributed by atoms with E-state index in [0.717, 1.165) is 5.56 Å². The van der Waals surface area contributed by atoms with E-state index in [1.54, 1.807) is 54.7 Å². The van der Waals surface area contributed by atoms with Crippen molar-refractivity contribution in [3.8, 4) is 11.6 Å². The van der Waals surface area contributed by atoms with Gasteiger partial charge >= 0.3 is 0 Å². The number of rotatable bonds is 6. The fourth-order valence-corrected chi connectivity index (χ4v) is 2.92. The summed E-state index contributed by atoms with van der Waals surface area (Å²) in [6, 6.07) is 16.4. The van der Waals surface area contributed by atoms with Gasteiger partial charge in [0.2, 0.25) is 5.88 Å². The highest BCUT2D eigenvalue weighted by molar-refractivity contribution is 6.30. The topological polar surface area (TPSA) is 51.2 Å². The van der Waals surface area contributed by atoms with Crippen LogP contribution in [0.15, 0.2) is 66.9 Å². The molecule has 144 valence electrons. The van der Waals surface area contributed by atoms with Crippen LogP contribution in [0, 0.1) is 5.82 Å².